The van der Waals surface area contributed by atoms with E-state index in [0.29, 0.717) is 31.2 Å². The molecule has 3 aliphatic carbocycles. The number of nitrogens with zero attached hydrogens (tertiary/aromatic N) is 1. The van der Waals surface area contributed by atoms with Gasteiger partial charge >= 0.3 is 5.97 Å². The van der Waals surface area contributed by atoms with Crippen LogP contribution in [0.1, 0.15) is 79.5 Å². The number of nitriles is 1. The maximum absolute atomic E-state index is 14.8. The zero-order chi connectivity index (χ0) is 30.7. The van der Waals surface area contributed by atoms with Crippen LogP contribution in [0.3, 0.4) is 0 Å². The third-order valence-corrected chi connectivity index (χ3v) is 9.65. The number of hydrogen-bond acceptors (Lipinski definition) is 6. The molecule has 2 aromatic rings. The van der Waals surface area contributed by atoms with E-state index in [2.05, 4.69) is 16.7 Å². The number of carboxylic acid groups (broad SMARTS) is 1. The van der Waals surface area contributed by atoms with Gasteiger partial charge in [-0.3, -0.25) is 14.4 Å². The third-order valence-electron chi connectivity index (χ3n) is 9.65. The molecular weight excluding hydrogens is 553 g/mol. The van der Waals surface area contributed by atoms with Crippen molar-refractivity contribution in [1.82, 2.24) is 10.6 Å². The molecule has 5 unspecified atom stereocenters. The summed E-state index contributed by atoms with van der Waals surface area (Å²) in [5.41, 5.74) is 0.0727. The summed E-state index contributed by atoms with van der Waals surface area (Å²) in [5.74, 6) is -1.35. The maximum atomic E-state index is 14.8. The van der Waals surface area contributed by atoms with Crippen LogP contribution in [0, 0.1) is 34.5 Å². The van der Waals surface area contributed by atoms with Gasteiger partial charge in [0, 0.05) is 12.1 Å². The summed E-state index contributed by atoms with van der Waals surface area (Å²) in [6, 6.07) is 13.3. The molecule has 10 heteroatoms. The molecule has 3 N–H and O–H groups in total. The number of rotatable bonds is 10. The molecule has 3 saturated carbocycles. The molecule has 3 fully saturated rings. The summed E-state index contributed by atoms with van der Waals surface area (Å²) in [5, 5.41) is 25.2. The minimum absolute atomic E-state index is 0.106. The molecule has 5 rings (SSSR count). The van der Waals surface area contributed by atoms with Gasteiger partial charge in [-0.2, -0.15) is 5.26 Å². The van der Waals surface area contributed by atoms with Crippen LogP contribution in [0.25, 0.3) is 0 Å². The molecule has 2 bridgehead atoms. The number of methoxy groups -OCH3 is 1. The fourth-order valence-corrected chi connectivity index (χ4v) is 7.02. The van der Waals surface area contributed by atoms with E-state index < -0.39 is 35.4 Å². The fraction of sp³-hybridized carbons (Fsp3) is 0.515. The number of fused-ring (bicyclic) bond motifs is 2. The van der Waals surface area contributed by atoms with Crippen molar-refractivity contribution < 1.29 is 33.4 Å². The topological polar surface area (TPSA) is 138 Å². The molecule has 0 heterocycles. The summed E-state index contributed by atoms with van der Waals surface area (Å²) in [6.45, 7) is 1.58. The Labute approximate surface area is 250 Å². The summed E-state index contributed by atoms with van der Waals surface area (Å²) < 4.78 is 26.4. The van der Waals surface area contributed by atoms with Crippen LogP contribution < -0.4 is 20.1 Å². The van der Waals surface area contributed by atoms with Gasteiger partial charge in [0.1, 0.15) is 23.7 Å². The molecule has 2 aromatic carbocycles. The number of alkyl halides is 1. The van der Waals surface area contributed by atoms with Crippen molar-refractivity contribution in [3.63, 3.8) is 0 Å². The van der Waals surface area contributed by atoms with Crippen molar-refractivity contribution in [3.05, 3.63) is 59.2 Å². The SMILES string of the molecule is COc1cc(C#N)c(OC2CCC(C)(C(=O)O)CC2)cc1C(=O)NC1C2CCC(C2)C1C(=O)NCC(F)c1ccccc1. The Morgan fingerprint density at radius 3 is 2.44 bits per heavy atom. The van der Waals surface area contributed by atoms with Crippen LogP contribution in [0.5, 0.6) is 11.5 Å². The number of ether oxygens (including phenoxy) is 2. The Kier molecular flexibility index (Phi) is 8.90. The molecule has 0 spiro atoms. The highest BCUT2D eigenvalue weighted by Gasteiger charge is 2.51. The number of aliphatic carboxylic acids is 1. The standard InChI is InChI=1S/C33H38FN3O6/c1-33(32(40)41)12-10-23(11-13-33)43-26-16-24(27(42-2)15-22(26)17-35)30(38)37-29-21-9-8-20(14-21)28(29)31(39)36-18-25(34)19-6-4-3-5-7-19/h3-7,15-16,20-21,23,25,28-29H,8-14,18H2,1-2H3,(H,36,39)(H,37,38)(H,40,41). The summed E-state index contributed by atoms with van der Waals surface area (Å²) in [6.07, 6.45) is 2.87. The van der Waals surface area contributed by atoms with Gasteiger partial charge in [0.2, 0.25) is 5.91 Å². The van der Waals surface area contributed by atoms with Gasteiger partial charge in [0.25, 0.3) is 5.91 Å². The Morgan fingerprint density at radius 1 is 1.09 bits per heavy atom. The molecule has 3 aliphatic rings. The van der Waals surface area contributed by atoms with Crippen molar-refractivity contribution in [2.45, 2.75) is 70.2 Å². The quantitative estimate of drug-likeness (QED) is 0.355. The zero-order valence-electron chi connectivity index (χ0n) is 24.5. The van der Waals surface area contributed by atoms with E-state index in [1.807, 2.05) is 6.07 Å². The number of carboxylic acids is 1. The van der Waals surface area contributed by atoms with Gasteiger partial charge < -0.3 is 25.2 Å². The van der Waals surface area contributed by atoms with Gasteiger partial charge in [-0.25, -0.2) is 4.39 Å². The Hall–Kier alpha value is -4.13. The molecule has 43 heavy (non-hydrogen) atoms. The summed E-state index contributed by atoms with van der Waals surface area (Å²) in [4.78, 5) is 38.6. The average molecular weight is 592 g/mol. The van der Waals surface area contributed by atoms with E-state index in [0.717, 1.165) is 19.3 Å². The fourth-order valence-electron chi connectivity index (χ4n) is 7.02. The van der Waals surface area contributed by atoms with Crippen LogP contribution in [0.4, 0.5) is 4.39 Å². The maximum Gasteiger partial charge on any atom is 0.309 e. The van der Waals surface area contributed by atoms with Crippen molar-refractivity contribution in [3.8, 4) is 17.6 Å². The largest absolute Gasteiger partial charge is 0.496 e. The average Bonchev–Trinajstić information content (AvgIpc) is 3.63. The highest BCUT2D eigenvalue weighted by atomic mass is 19.1. The molecule has 0 saturated heterocycles. The molecule has 228 valence electrons. The van der Waals surface area contributed by atoms with Gasteiger partial charge in [0.05, 0.1) is 42.2 Å². The molecule has 9 nitrogen and oxygen atoms in total. The second-order valence-electron chi connectivity index (χ2n) is 12.3. The van der Waals surface area contributed by atoms with Crippen molar-refractivity contribution in [2.75, 3.05) is 13.7 Å². The monoisotopic (exact) mass is 591 g/mol. The zero-order valence-corrected chi connectivity index (χ0v) is 24.5. The van der Waals surface area contributed by atoms with Crippen molar-refractivity contribution in [2.24, 2.45) is 23.2 Å². The number of halogens is 1. The van der Waals surface area contributed by atoms with Gasteiger partial charge in [-0.15, -0.1) is 0 Å². The Morgan fingerprint density at radius 2 is 1.79 bits per heavy atom. The summed E-state index contributed by atoms with van der Waals surface area (Å²) in [7, 11) is 1.41. The minimum atomic E-state index is -1.33. The molecule has 2 amide bonds. The van der Waals surface area contributed by atoms with E-state index >= 15 is 0 Å². The van der Waals surface area contributed by atoms with Crippen LogP contribution in [0.2, 0.25) is 0 Å². The number of carbonyl (C=O) groups excluding carboxylic acids is 2. The predicted molar refractivity (Wildman–Crippen MR) is 155 cm³/mol. The molecule has 5 atom stereocenters. The smallest absolute Gasteiger partial charge is 0.309 e. The van der Waals surface area contributed by atoms with E-state index in [9.17, 15) is 29.1 Å². The van der Waals surface area contributed by atoms with E-state index in [-0.39, 0.29) is 53.0 Å². The van der Waals surface area contributed by atoms with Gasteiger partial charge in [-0.05, 0) is 75.3 Å². The number of carbonyl (C=O) groups is 3. The first-order valence-corrected chi connectivity index (χ1v) is 14.9. The number of amides is 2. The first kappa shape index (κ1) is 30.3. The van der Waals surface area contributed by atoms with Gasteiger partial charge in [0.15, 0.2) is 0 Å². The van der Waals surface area contributed by atoms with Crippen LogP contribution in [-0.2, 0) is 9.59 Å². The lowest BCUT2D eigenvalue weighted by Gasteiger charge is -2.34. The van der Waals surface area contributed by atoms with E-state index in [4.69, 9.17) is 9.47 Å². The Bertz CT molecular complexity index is 1400. The van der Waals surface area contributed by atoms with Crippen molar-refractivity contribution >= 4 is 17.8 Å². The minimum Gasteiger partial charge on any atom is -0.496 e. The predicted octanol–water partition coefficient (Wildman–Crippen LogP) is 4.95. The lowest BCUT2D eigenvalue weighted by atomic mass is 9.75. The van der Waals surface area contributed by atoms with Crippen LogP contribution in [0.15, 0.2) is 42.5 Å². The van der Waals surface area contributed by atoms with E-state index in [1.54, 1.807) is 31.2 Å². The van der Waals surface area contributed by atoms with Crippen LogP contribution in [-0.4, -0.2) is 48.7 Å². The second-order valence-corrected chi connectivity index (χ2v) is 12.3. The third kappa shape index (κ3) is 6.31. The lowest BCUT2D eigenvalue weighted by Crippen LogP contribution is -2.50. The number of benzene rings is 2. The van der Waals surface area contributed by atoms with E-state index in [1.165, 1.54) is 19.2 Å². The number of hydrogen-bond donors (Lipinski definition) is 3. The van der Waals surface area contributed by atoms with Crippen molar-refractivity contribution in [1.29, 1.82) is 5.26 Å². The number of nitrogens with one attached hydrogen (secondary N) is 2. The molecular formula is C33H38FN3O6. The molecule has 0 aromatic heterocycles. The normalized spacial score (nSPS) is 28.4. The molecule has 0 aliphatic heterocycles. The first-order valence-electron chi connectivity index (χ1n) is 14.9. The second kappa shape index (κ2) is 12.6. The highest BCUT2D eigenvalue weighted by Crippen LogP contribution is 2.49. The van der Waals surface area contributed by atoms with Crippen LogP contribution >= 0.6 is 0 Å². The highest BCUT2D eigenvalue weighted by molar-refractivity contribution is 5.98. The molecule has 0 radical (unpaired) electrons. The first-order chi connectivity index (χ1) is 20.6. The van der Waals surface area contributed by atoms with Gasteiger partial charge in [-0.1, -0.05) is 30.3 Å². The Balaban J connectivity index is 1.29. The summed E-state index contributed by atoms with van der Waals surface area (Å²) >= 11 is 0. The lowest BCUT2D eigenvalue weighted by molar-refractivity contribution is -0.150.